The summed E-state index contributed by atoms with van der Waals surface area (Å²) in [5.41, 5.74) is 10.5. The number of benzene rings is 6. The van der Waals surface area contributed by atoms with Crippen molar-refractivity contribution >= 4 is 27.5 Å². The van der Waals surface area contributed by atoms with E-state index in [-0.39, 0.29) is 5.92 Å². The highest BCUT2D eigenvalue weighted by Crippen LogP contribution is 2.40. The summed E-state index contributed by atoms with van der Waals surface area (Å²) in [7, 11) is 0. The molecule has 232 valence electrons. The molecule has 9 rings (SSSR count). The van der Waals surface area contributed by atoms with Gasteiger partial charge < -0.3 is 4.42 Å². The summed E-state index contributed by atoms with van der Waals surface area (Å²) >= 11 is 0. The first-order valence-electron chi connectivity index (χ1n) is 16.6. The van der Waals surface area contributed by atoms with Gasteiger partial charge in [0.1, 0.15) is 11.2 Å². The number of hydrogen-bond acceptors (Lipinski definition) is 4. The normalized spacial score (nSPS) is 14.3. The topological polar surface area (TPSA) is 51.8 Å². The molecule has 0 aliphatic heterocycles. The van der Waals surface area contributed by atoms with Crippen LogP contribution in [0.15, 0.2) is 174 Å². The lowest BCUT2D eigenvalue weighted by atomic mass is 9.89. The molecule has 6 aromatic carbocycles. The third kappa shape index (κ3) is 5.43. The third-order valence-electron chi connectivity index (χ3n) is 9.33. The van der Waals surface area contributed by atoms with E-state index >= 15 is 0 Å². The second-order valence-corrected chi connectivity index (χ2v) is 12.3. The van der Waals surface area contributed by atoms with Crippen molar-refractivity contribution in [3.8, 4) is 45.0 Å². The molecular weight excluding hydrogens is 599 g/mol. The average Bonchev–Trinajstić information content (AvgIpc) is 3.58. The van der Waals surface area contributed by atoms with Crippen LogP contribution in [0.4, 0.5) is 0 Å². The fraction of sp³-hybridized carbons (Fsp3) is 0.0444. The number of furan rings is 1. The largest absolute Gasteiger partial charge is 0.456 e. The van der Waals surface area contributed by atoms with Gasteiger partial charge in [-0.2, -0.15) is 0 Å². The Labute approximate surface area is 284 Å². The maximum atomic E-state index is 6.25. The van der Waals surface area contributed by atoms with E-state index in [1.165, 1.54) is 16.7 Å². The Bertz CT molecular complexity index is 2510. The van der Waals surface area contributed by atoms with Crippen LogP contribution in [0, 0.1) is 0 Å². The van der Waals surface area contributed by atoms with E-state index in [0.29, 0.717) is 17.5 Å². The predicted octanol–water partition coefficient (Wildman–Crippen LogP) is 11.6. The molecule has 0 amide bonds. The Kier molecular flexibility index (Phi) is 7.25. The Morgan fingerprint density at radius 1 is 0.469 bits per heavy atom. The lowest BCUT2D eigenvalue weighted by Gasteiger charge is -2.18. The third-order valence-corrected chi connectivity index (χ3v) is 9.33. The van der Waals surface area contributed by atoms with Gasteiger partial charge in [0.15, 0.2) is 17.5 Å². The smallest absolute Gasteiger partial charge is 0.164 e. The molecular formula is C45H31N3O. The zero-order valence-corrected chi connectivity index (χ0v) is 26.7. The van der Waals surface area contributed by atoms with Crippen molar-refractivity contribution in [1.82, 2.24) is 15.0 Å². The van der Waals surface area contributed by atoms with E-state index in [9.17, 15) is 0 Å². The zero-order chi connectivity index (χ0) is 32.6. The Morgan fingerprint density at radius 3 is 1.86 bits per heavy atom. The van der Waals surface area contributed by atoms with E-state index in [2.05, 4.69) is 109 Å². The lowest BCUT2D eigenvalue weighted by Crippen LogP contribution is -2.05. The van der Waals surface area contributed by atoms with E-state index in [4.69, 9.17) is 19.4 Å². The Balaban J connectivity index is 1.11. The standard InChI is InChI=1S/C45H31N3O/c1-3-12-30(13-4-1)31-22-24-32(25-23-31)33-26-28-35(29-27-33)44-46-43(34-14-5-2-6-15-34)47-45(48-44)38-17-8-7-16-36(38)37-19-11-21-41-42(37)39-18-9-10-20-40(39)49-41/h1-26,28-29,33H,27H2. The van der Waals surface area contributed by atoms with Crippen molar-refractivity contribution in [1.29, 1.82) is 0 Å². The van der Waals surface area contributed by atoms with Gasteiger partial charge in [-0.25, -0.2) is 15.0 Å². The van der Waals surface area contributed by atoms with Crippen molar-refractivity contribution in [2.75, 3.05) is 0 Å². The quantitative estimate of drug-likeness (QED) is 0.184. The first kappa shape index (κ1) is 28.8. The summed E-state index contributed by atoms with van der Waals surface area (Å²) in [5, 5.41) is 2.18. The van der Waals surface area contributed by atoms with Gasteiger partial charge in [0.25, 0.3) is 0 Å². The van der Waals surface area contributed by atoms with E-state index in [1.54, 1.807) is 0 Å². The Morgan fingerprint density at radius 2 is 1.08 bits per heavy atom. The molecule has 0 radical (unpaired) electrons. The van der Waals surface area contributed by atoms with Gasteiger partial charge in [-0.1, -0.05) is 158 Å². The molecule has 4 nitrogen and oxygen atoms in total. The SMILES string of the molecule is C1=CC(c2ccc(-c3ccccc3)cc2)CC=C1c1nc(-c2ccccc2)nc(-c2ccccc2-c2cccc3oc4ccccc4c23)n1. The minimum Gasteiger partial charge on any atom is -0.456 e. The second kappa shape index (κ2) is 12.3. The van der Waals surface area contributed by atoms with Gasteiger partial charge in [0.05, 0.1) is 0 Å². The minimum atomic E-state index is 0.287. The summed E-state index contributed by atoms with van der Waals surface area (Å²) in [6.45, 7) is 0. The van der Waals surface area contributed by atoms with E-state index < -0.39 is 0 Å². The molecule has 1 unspecified atom stereocenters. The molecule has 4 heteroatoms. The van der Waals surface area contributed by atoms with Gasteiger partial charge in [-0.15, -0.1) is 0 Å². The fourth-order valence-electron chi connectivity index (χ4n) is 6.84. The molecule has 1 aliphatic rings. The molecule has 8 aromatic rings. The summed E-state index contributed by atoms with van der Waals surface area (Å²) in [4.78, 5) is 15.3. The van der Waals surface area contributed by atoms with Gasteiger partial charge in [-0.3, -0.25) is 0 Å². The predicted molar refractivity (Wildman–Crippen MR) is 200 cm³/mol. The Hall–Kier alpha value is -6.39. The van der Waals surface area contributed by atoms with Crippen LogP contribution in [0.2, 0.25) is 0 Å². The van der Waals surface area contributed by atoms with Crippen LogP contribution in [0.25, 0.3) is 72.5 Å². The van der Waals surface area contributed by atoms with Gasteiger partial charge in [-0.05, 0) is 46.4 Å². The highest BCUT2D eigenvalue weighted by molar-refractivity contribution is 6.13. The van der Waals surface area contributed by atoms with Gasteiger partial charge in [0.2, 0.25) is 0 Å². The lowest BCUT2D eigenvalue weighted by molar-refractivity contribution is 0.669. The van der Waals surface area contributed by atoms with Crippen LogP contribution in [0.5, 0.6) is 0 Å². The molecule has 0 spiro atoms. The van der Waals surface area contributed by atoms with Crippen molar-refractivity contribution in [3.05, 3.63) is 181 Å². The van der Waals surface area contributed by atoms with Crippen LogP contribution in [0.3, 0.4) is 0 Å². The van der Waals surface area contributed by atoms with Crippen LogP contribution >= 0.6 is 0 Å². The van der Waals surface area contributed by atoms with E-state index in [0.717, 1.165) is 56.2 Å². The summed E-state index contributed by atoms with van der Waals surface area (Å²) in [5.74, 6) is 2.24. The number of fused-ring (bicyclic) bond motifs is 3. The molecule has 0 N–H and O–H groups in total. The van der Waals surface area contributed by atoms with Crippen molar-refractivity contribution in [3.63, 3.8) is 0 Å². The monoisotopic (exact) mass is 629 g/mol. The van der Waals surface area contributed by atoms with Gasteiger partial charge >= 0.3 is 0 Å². The first-order chi connectivity index (χ1) is 24.3. The first-order valence-corrected chi connectivity index (χ1v) is 16.6. The number of aromatic nitrogens is 3. The number of nitrogens with zero attached hydrogens (tertiary/aromatic N) is 3. The zero-order valence-electron chi connectivity index (χ0n) is 26.7. The summed E-state index contributed by atoms with van der Waals surface area (Å²) in [6, 6.07) is 52.4. The van der Waals surface area contributed by atoms with Crippen LogP contribution in [-0.2, 0) is 0 Å². The summed E-state index contributed by atoms with van der Waals surface area (Å²) in [6.07, 6.45) is 7.56. The highest BCUT2D eigenvalue weighted by Gasteiger charge is 2.20. The molecule has 0 saturated heterocycles. The number of rotatable bonds is 6. The molecule has 1 atom stereocenters. The molecule has 0 saturated carbocycles. The van der Waals surface area contributed by atoms with Crippen molar-refractivity contribution < 1.29 is 4.42 Å². The minimum absolute atomic E-state index is 0.287. The van der Waals surface area contributed by atoms with Crippen LogP contribution in [0.1, 0.15) is 23.7 Å². The highest BCUT2D eigenvalue weighted by atomic mass is 16.3. The molecule has 0 bridgehead atoms. The fourth-order valence-corrected chi connectivity index (χ4v) is 6.84. The number of allylic oxidation sites excluding steroid dienone is 4. The number of hydrogen-bond donors (Lipinski definition) is 0. The molecule has 1 aliphatic carbocycles. The van der Waals surface area contributed by atoms with Crippen molar-refractivity contribution in [2.24, 2.45) is 0 Å². The molecule has 0 fully saturated rings. The maximum Gasteiger partial charge on any atom is 0.164 e. The van der Waals surface area contributed by atoms with Crippen LogP contribution < -0.4 is 0 Å². The van der Waals surface area contributed by atoms with Crippen LogP contribution in [-0.4, -0.2) is 15.0 Å². The average molecular weight is 630 g/mol. The van der Waals surface area contributed by atoms with Gasteiger partial charge in [0, 0.05) is 33.4 Å². The maximum absolute atomic E-state index is 6.25. The van der Waals surface area contributed by atoms with Crippen molar-refractivity contribution in [2.45, 2.75) is 12.3 Å². The molecule has 49 heavy (non-hydrogen) atoms. The molecule has 2 heterocycles. The summed E-state index contributed by atoms with van der Waals surface area (Å²) < 4.78 is 6.25. The molecule has 2 aromatic heterocycles. The number of para-hydroxylation sites is 1. The second-order valence-electron chi connectivity index (χ2n) is 12.3. The van der Waals surface area contributed by atoms with E-state index in [1.807, 2.05) is 60.7 Å².